The number of fused-ring (bicyclic) bond motifs is 1. The summed E-state index contributed by atoms with van der Waals surface area (Å²) < 4.78 is 11.0. The minimum atomic E-state index is -0.0805. The van der Waals surface area contributed by atoms with E-state index in [-0.39, 0.29) is 6.03 Å². The van der Waals surface area contributed by atoms with Crippen molar-refractivity contribution in [2.24, 2.45) is 5.92 Å². The molecule has 1 aliphatic heterocycles. The van der Waals surface area contributed by atoms with Crippen molar-refractivity contribution in [1.82, 2.24) is 15.4 Å². The standard InChI is InChI=1S/C19H19N3O3/c23-19(20-10-17-16-8-4-5-9-18(16)25-21-17)22-11-14(12-22)13-24-15-6-2-1-3-7-15/h1-9,14H,10-13H2,(H,20,23). The SMILES string of the molecule is O=C(NCc1noc2ccccc12)N1CC(COc2ccccc2)C1. The zero-order chi connectivity index (χ0) is 17.1. The Morgan fingerprint density at radius 2 is 1.92 bits per heavy atom. The third kappa shape index (κ3) is 3.42. The number of amides is 2. The summed E-state index contributed by atoms with van der Waals surface area (Å²) in [6, 6.07) is 17.3. The van der Waals surface area contributed by atoms with E-state index in [2.05, 4.69) is 10.5 Å². The van der Waals surface area contributed by atoms with Gasteiger partial charge >= 0.3 is 6.03 Å². The van der Waals surface area contributed by atoms with E-state index in [1.807, 2.05) is 54.6 Å². The third-order valence-corrected chi connectivity index (χ3v) is 4.33. The quantitative estimate of drug-likeness (QED) is 0.777. The number of benzene rings is 2. The second-order valence-corrected chi connectivity index (χ2v) is 6.18. The van der Waals surface area contributed by atoms with E-state index >= 15 is 0 Å². The molecule has 1 N–H and O–H groups in total. The smallest absolute Gasteiger partial charge is 0.317 e. The highest BCUT2D eigenvalue weighted by atomic mass is 16.5. The number of hydrogen-bond acceptors (Lipinski definition) is 4. The number of nitrogens with one attached hydrogen (secondary N) is 1. The number of nitrogens with zero attached hydrogens (tertiary/aromatic N) is 2. The topological polar surface area (TPSA) is 67.6 Å². The van der Waals surface area contributed by atoms with Gasteiger partial charge in [0, 0.05) is 24.4 Å². The number of para-hydroxylation sites is 2. The van der Waals surface area contributed by atoms with Crippen LogP contribution >= 0.6 is 0 Å². The lowest BCUT2D eigenvalue weighted by molar-refractivity contribution is 0.0854. The summed E-state index contributed by atoms with van der Waals surface area (Å²) in [5.74, 6) is 1.24. The second-order valence-electron chi connectivity index (χ2n) is 6.18. The van der Waals surface area contributed by atoms with E-state index in [4.69, 9.17) is 9.26 Å². The van der Waals surface area contributed by atoms with Gasteiger partial charge in [0.2, 0.25) is 0 Å². The van der Waals surface area contributed by atoms with Gasteiger partial charge < -0.3 is 19.5 Å². The van der Waals surface area contributed by atoms with Gasteiger partial charge in [-0.25, -0.2) is 4.79 Å². The average molecular weight is 337 g/mol. The molecule has 2 amide bonds. The van der Waals surface area contributed by atoms with Crippen LogP contribution in [0.5, 0.6) is 5.75 Å². The number of ether oxygens (including phenoxy) is 1. The van der Waals surface area contributed by atoms with Crippen LogP contribution in [0.2, 0.25) is 0 Å². The van der Waals surface area contributed by atoms with Crippen molar-refractivity contribution in [3.05, 3.63) is 60.3 Å². The first kappa shape index (κ1) is 15.5. The van der Waals surface area contributed by atoms with Gasteiger partial charge in [-0.15, -0.1) is 0 Å². The molecule has 2 aromatic carbocycles. The highest BCUT2D eigenvalue weighted by Crippen LogP contribution is 2.20. The van der Waals surface area contributed by atoms with Gasteiger partial charge in [0.05, 0.1) is 13.2 Å². The van der Waals surface area contributed by atoms with Gasteiger partial charge in [-0.1, -0.05) is 35.5 Å². The van der Waals surface area contributed by atoms with Crippen molar-refractivity contribution in [1.29, 1.82) is 0 Å². The zero-order valence-electron chi connectivity index (χ0n) is 13.7. The molecule has 1 aliphatic rings. The number of likely N-dealkylation sites (tertiary alicyclic amines) is 1. The normalized spacial score (nSPS) is 14.3. The van der Waals surface area contributed by atoms with Crippen molar-refractivity contribution < 1.29 is 14.1 Å². The minimum absolute atomic E-state index is 0.0805. The fourth-order valence-corrected chi connectivity index (χ4v) is 2.91. The molecule has 6 heteroatoms. The molecule has 0 aliphatic carbocycles. The van der Waals surface area contributed by atoms with E-state index in [0.29, 0.717) is 32.2 Å². The Hall–Kier alpha value is -3.02. The Morgan fingerprint density at radius 3 is 2.76 bits per heavy atom. The molecule has 128 valence electrons. The van der Waals surface area contributed by atoms with Crippen molar-refractivity contribution in [3.63, 3.8) is 0 Å². The zero-order valence-corrected chi connectivity index (χ0v) is 13.7. The summed E-state index contributed by atoms with van der Waals surface area (Å²) in [5, 5.41) is 7.85. The Labute approximate surface area is 145 Å². The number of rotatable bonds is 5. The van der Waals surface area contributed by atoms with Crippen LogP contribution in [0.15, 0.2) is 59.1 Å². The largest absolute Gasteiger partial charge is 0.493 e. The number of urea groups is 1. The van der Waals surface area contributed by atoms with Gasteiger partial charge in [-0.2, -0.15) is 0 Å². The first-order valence-electron chi connectivity index (χ1n) is 8.33. The molecule has 4 rings (SSSR count). The van der Waals surface area contributed by atoms with Crippen molar-refractivity contribution in [2.45, 2.75) is 6.54 Å². The average Bonchev–Trinajstić information content (AvgIpc) is 3.03. The predicted octanol–water partition coefficient (Wildman–Crippen LogP) is 3.05. The Balaban J connectivity index is 1.22. The van der Waals surface area contributed by atoms with E-state index in [0.717, 1.165) is 22.4 Å². The maximum absolute atomic E-state index is 12.2. The van der Waals surface area contributed by atoms with Crippen LogP contribution in [-0.2, 0) is 6.54 Å². The summed E-state index contributed by atoms with van der Waals surface area (Å²) in [4.78, 5) is 14.0. The number of carbonyl (C=O) groups excluding carboxylic acids is 1. The van der Waals surface area contributed by atoms with Crippen molar-refractivity contribution in [3.8, 4) is 5.75 Å². The molecule has 0 radical (unpaired) electrons. The van der Waals surface area contributed by atoms with Crippen molar-refractivity contribution >= 4 is 17.0 Å². The van der Waals surface area contributed by atoms with Crippen LogP contribution in [0.3, 0.4) is 0 Å². The van der Waals surface area contributed by atoms with Crippen LogP contribution in [0, 0.1) is 5.92 Å². The summed E-state index contributed by atoms with van der Waals surface area (Å²) in [6.45, 7) is 2.40. The van der Waals surface area contributed by atoms with Crippen LogP contribution < -0.4 is 10.1 Å². The molecule has 0 bridgehead atoms. The molecule has 0 spiro atoms. The second kappa shape index (κ2) is 6.84. The highest BCUT2D eigenvalue weighted by Gasteiger charge is 2.31. The minimum Gasteiger partial charge on any atom is -0.493 e. The van der Waals surface area contributed by atoms with Crippen LogP contribution in [0.4, 0.5) is 4.79 Å². The number of aromatic nitrogens is 1. The molecular formula is C19H19N3O3. The first-order valence-corrected chi connectivity index (χ1v) is 8.33. The van der Waals surface area contributed by atoms with Gasteiger partial charge in [0.1, 0.15) is 11.4 Å². The van der Waals surface area contributed by atoms with Crippen LogP contribution in [-0.4, -0.2) is 35.8 Å². The van der Waals surface area contributed by atoms with E-state index in [9.17, 15) is 4.79 Å². The van der Waals surface area contributed by atoms with E-state index in [1.165, 1.54) is 0 Å². The predicted molar refractivity (Wildman–Crippen MR) is 93.2 cm³/mol. The van der Waals surface area contributed by atoms with Gasteiger partial charge in [-0.3, -0.25) is 0 Å². The summed E-state index contributed by atoms with van der Waals surface area (Å²) in [7, 11) is 0. The maximum atomic E-state index is 12.2. The molecule has 1 fully saturated rings. The molecule has 6 nitrogen and oxygen atoms in total. The number of carbonyl (C=O) groups is 1. The van der Waals surface area contributed by atoms with E-state index < -0.39 is 0 Å². The molecule has 1 saturated heterocycles. The van der Waals surface area contributed by atoms with Gasteiger partial charge in [0.25, 0.3) is 0 Å². The number of hydrogen-bond donors (Lipinski definition) is 1. The Morgan fingerprint density at radius 1 is 1.16 bits per heavy atom. The molecule has 0 unspecified atom stereocenters. The van der Waals surface area contributed by atoms with Gasteiger partial charge in [-0.05, 0) is 24.3 Å². The van der Waals surface area contributed by atoms with E-state index in [1.54, 1.807) is 4.90 Å². The summed E-state index contributed by atoms with van der Waals surface area (Å²) >= 11 is 0. The summed E-state index contributed by atoms with van der Waals surface area (Å²) in [6.07, 6.45) is 0. The molecule has 0 atom stereocenters. The Bertz CT molecular complexity index is 856. The first-order chi connectivity index (χ1) is 12.3. The lowest BCUT2D eigenvalue weighted by Crippen LogP contribution is -2.55. The fourth-order valence-electron chi connectivity index (χ4n) is 2.91. The molecule has 3 aromatic rings. The maximum Gasteiger partial charge on any atom is 0.317 e. The Kier molecular flexibility index (Phi) is 4.24. The monoisotopic (exact) mass is 337 g/mol. The molecule has 25 heavy (non-hydrogen) atoms. The molecular weight excluding hydrogens is 318 g/mol. The fraction of sp³-hybridized carbons (Fsp3) is 0.263. The molecule has 0 saturated carbocycles. The van der Waals surface area contributed by atoms with Gasteiger partial charge in [0.15, 0.2) is 5.58 Å². The highest BCUT2D eigenvalue weighted by molar-refractivity contribution is 5.80. The molecule has 1 aromatic heterocycles. The van der Waals surface area contributed by atoms with Crippen molar-refractivity contribution in [2.75, 3.05) is 19.7 Å². The third-order valence-electron chi connectivity index (χ3n) is 4.33. The lowest BCUT2D eigenvalue weighted by Gasteiger charge is -2.38. The molecule has 2 heterocycles. The van der Waals surface area contributed by atoms with Crippen LogP contribution in [0.25, 0.3) is 11.0 Å². The lowest BCUT2D eigenvalue weighted by atomic mass is 10.0. The summed E-state index contributed by atoms with van der Waals surface area (Å²) in [5.41, 5.74) is 1.47. The van der Waals surface area contributed by atoms with Crippen LogP contribution in [0.1, 0.15) is 5.69 Å².